The van der Waals surface area contributed by atoms with E-state index >= 15 is 0 Å². The van der Waals surface area contributed by atoms with Crippen molar-refractivity contribution in [2.45, 2.75) is 25.6 Å². The second-order valence-electron chi connectivity index (χ2n) is 5.15. The minimum Gasteiger partial charge on any atom is -0.498 e. The van der Waals surface area contributed by atoms with Crippen LogP contribution in [0.2, 0.25) is 0 Å². The number of hydrogen-bond acceptors (Lipinski definition) is 6. The van der Waals surface area contributed by atoms with Gasteiger partial charge in [0, 0.05) is 19.8 Å². The molecule has 0 aliphatic carbocycles. The lowest BCUT2D eigenvalue weighted by atomic mass is 10.0. The Balaban J connectivity index is 2.62. The molecule has 2 rings (SSSR count). The molecule has 0 amide bonds. The topological polar surface area (TPSA) is 71.1 Å². The third kappa shape index (κ3) is 3.20. The van der Waals surface area contributed by atoms with E-state index in [0.717, 1.165) is 5.56 Å². The van der Waals surface area contributed by atoms with Crippen molar-refractivity contribution in [3.05, 3.63) is 47.2 Å². The summed E-state index contributed by atoms with van der Waals surface area (Å²) in [5.74, 6) is -0.256. The van der Waals surface area contributed by atoms with Crippen LogP contribution in [0.3, 0.4) is 0 Å². The first kappa shape index (κ1) is 17.7. The van der Waals surface area contributed by atoms with Crippen LogP contribution in [0, 0.1) is 6.92 Å². The van der Waals surface area contributed by atoms with Gasteiger partial charge in [-0.1, -0.05) is 29.8 Å². The number of rotatable bonds is 6. The molecule has 1 aliphatic rings. The van der Waals surface area contributed by atoms with Crippen LogP contribution in [-0.4, -0.2) is 26.8 Å². The monoisotopic (exact) mass is 340 g/mol. The van der Waals surface area contributed by atoms with E-state index in [1.54, 1.807) is 19.1 Å². The van der Waals surface area contributed by atoms with Crippen molar-refractivity contribution < 1.29 is 27.9 Å². The molecule has 0 bridgehead atoms. The normalized spacial score (nSPS) is 21.6. The summed E-state index contributed by atoms with van der Waals surface area (Å²) < 4.78 is 34.5. The average molecular weight is 340 g/mol. The molecule has 0 saturated carbocycles. The first-order valence-electron chi connectivity index (χ1n) is 7.26. The van der Waals surface area contributed by atoms with Crippen LogP contribution in [0.25, 0.3) is 0 Å². The summed E-state index contributed by atoms with van der Waals surface area (Å²) in [7, 11) is -1.25. The fraction of sp³-hybridized carbons (Fsp3) is 0.438. The maximum absolute atomic E-state index is 13.2. The summed E-state index contributed by atoms with van der Waals surface area (Å²) in [6.07, 6.45) is 1.33. The minimum atomic E-state index is -3.79. The zero-order valence-corrected chi connectivity index (χ0v) is 14.6. The third-order valence-electron chi connectivity index (χ3n) is 3.72. The van der Waals surface area contributed by atoms with E-state index in [9.17, 15) is 9.36 Å². The van der Waals surface area contributed by atoms with Gasteiger partial charge in [-0.3, -0.25) is 4.57 Å². The lowest BCUT2D eigenvalue weighted by Gasteiger charge is -2.39. The molecular formula is C16H21O6P. The van der Waals surface area contributed by atoms with Crippen molar-refractivity contribution in [1.29, 1.82) is 0 Å². The maximum atomic E-state index is 13.2. The zero-order chi connectivity index (χ0) is 17.1. The highest BCUT2D eigenvalue weighted by molar-refractivity contribution is 7.55. The predicted octanol–water partition coefficient (Wildman–Crippen LogP) is 3.50. The molecule has 0 N–H and O–H groups in total. The van der Waals surface area contributed by atoms with Gasteiger partial charge in [0.25, 0.3) is 0 Å². The number of hydrogen-bond donors (Lipinski definition) is 0. The molecule has 6 nitrogen and oxygen atoms in total. The van der Waals surface area contributed by atoms with Gasteiger partial charge < -0.3 is 18.5 Å². The summed E-state index contributed by atoms with van der Waals surface area (Å²) in [5, 5.41) is -1.57. The molecular weight excluding hydrogens is 319 g/mol. The highest BCUT2D eigenvalue weighted by Gasteiger charge is 2.57. The molecule has 1 aliphatic heterocycles. The van der Waals surface area contributed by atoms with Crippen molar-refractivity contribution in [3.8, 4) is 0 Å². The third-order valence-corrected chi connectivity index (χ3v) is 6.07. The first-order valence-corrected chi connectivity index (χ1v) is 8.80. The fourth-order valence-electron chi connectivity index (χ4n) is 2.58. The summed E-state index contributed by atoms with van der Waals surface area (Å²) in [6, 6.07) is 7.20. The second kappa shape index (κ2) is 6.87. The SMILES string of the molecule is CCOC1=CC(=O)OC(c2ccc(C)cc2)(P(=O)(OC)OC)C1. The van der Waals surface area contributed by atoms with Gasteiger partial charge in [0.15, 0.2) is 0 Å². The van der Waals surface area contributed by atoms with Gasteiger partial charge in [0.05, 0.1) is 19.1 Å². The van der Waals surface area contributed by atoms with Gasteiger partial charge in [0.2, 0.25) is 5.34 Å². The summed E-state index contributed by atoms with van der Waals surface area (Å²) in [4.78, 5) is 12.1. The molecule has 7 heteroatoms. The molecule has 23 heavy (non-hydrogen) atoms. The summed E-state index contributed by atoms with van der Waals surface area (Å²) in [6.45, 7) is 4.12. The van der Waals surface area contributed by atoms with E-state index in [2.05, 4.69) is 0 Å². The smallest absolute Gasteiger partial charge is 0.378 e. The Morgan fingerprint density at radius 1 is 1.22 bits per heavy atom. The number of benzene rings is 1. The molecule has 1 unspecified atom stereocenters. The van der Waals surface area contributed by atoms with E-state index in [1.807, 2.05) is 19.1 Å². The van der Waals surface area contributed by atoms with Gasteiger partial charge >= 0.3 is 13.6 Å². The Labute approximate surface area is 135 Å². The molecule has 0 saturated heterocycles. The second-order valence-corrected chi connectivity index (χ2v) is 7.60. The van der Waals surface area contributed by atoms with Gasteiger partial charge in [-0.05, 0) is 13.8 Å². The van der Waals surface area contributed by atoms with Gasteiger partial charge in [-0.15, -0.1) is 0 Å². The van der Waals surface area contributed by atoms with Crippen LogP contribution in [0.5, 0.6) is 0 Å². The van der Waals surface area contributed by atoms with Crippen LogP contribution >= 0.6 is 7.60 Å². The first-order chi connectivity index (χ1) is 10.9. The number of carbonyl (C=O) groups excluding carboxylic acids is 1. The Bertz CT molecular complexity index is 643. The number of ether oxygens (including phenoxy) is 2. The van der Waals surface area contributed by atoms with Crippen molar-refractivity contribution in [2.75, 3.05) is 20.8 Å². The number of carbonyl (C=O) groups is 1. The number of aryl methyl sites for hydroxylation is 1. The van der Waals surface area contributed by atoms with Crippen LogP contribution in [0.1, 0.15) is 24.5 Å². The largest absolute Gasteiger partial charge is 0.498 e. The maximum Gasteiger partial charge on any atom is 0.378 e. The Morgan fingerprint density at radius 2 is 1.83 bits per heavy atom. The van der Waals surface area contributed by atoms with E-state index in [1.165, 1.54) is 20.3 Å². The highest BCUT2D eigenvalue weighted by atomic mass is 31.2. The van der Waals surface area contributed by atoms with E-state index in [4.69, 9.17) is 18.5 Å². The van der Waals surface area contributed by atoms with E-state index < -0.39 is 18.9 Å². The predicted molar refractivity (Wildman–Crippen MR) is 84.9 cm³/mol. The van der Waals surface area contributed by atoms with Crippen LogP contribution in [-0.2, 0) is 33.2 Å². The quantitative estimate of drug-likeness (QED) is 0.583. The molecule has 0 radical (unpaired) electrons. The molecule has 1 aromatic carbocycles. The molecule has 1 aromatic rings. The van der Waals surface area contributed by atoms with Crippen LogP contribution in [0.15, 0.2) is 36.1 Å². The molecule has 0 fully saturated rings. The van der Waals surface area contributed by atoms with Crippen molar-refractivity contribution in [3.63, 3.8) is 0 Å². The van der Waals surface area contributed by atoms with E-state index in [-0.39, 0.29) is 6.42 Å². The standard InChI is InChI=1S/C16H21O6P/c1-5-21-14-10-15(17)22-16(11-14,23(18,19-3)20-4)13-8-6-12(2)7-9-13/h6-10H,5,11H2,1-4H3. The van der Waals surface area contributed by atoms with Gasteiger partial charge in [0.1, 0.15) is 5.76 Å². The molecule has 0 spiro atoms. The molecule has 1 heterocycles. The van der Waals surface area contributed by atoms with Gasteiger partial charge in [-0.2, -0.15) is 0 Å². The number of esters is 1. The van der Waals surface area contributed by atoms with E-state index in [0.29, 0.717) is 17.9 Å². The fourth-order valence-corrected chi connectivity index (χ4v) is 4.34. The Hall–Kier alpha value is -1.62. The average Bonchev–Trinajstić information content (AvgIpc) is 2.54. The Morgan fingerprint density at radius 3 is 2.35 bits per heavy atom. The summed E-state index contributed by atoms with van der Waals surface area (Å²) >= 11 is 0. The zero-order valence-electron chi connectivity index (χ0n) is 13.7. The lowest BCUT2D eigenvalue weighted by Crippen LogP contribution is -2.37. The lowest BCUT2D eigenvalue weighted by molar-refractivity contribution is -0.151. The molecule has 1 atom stereocenters. The van der Waals surface area contributed by atoms with Crippen LogP contribution in [0.4, 0.5) is 0 Å². The minimum absolute atomic E-state index is 0.0780. The molecule has 126 valence electrons. The van der Waals surface area contributed by atoms with Crippen molar-refractivity contribution in [2.24, 2.45) is 0 Å². The molecule has 0 aromatic heterocycles. The van der Waals surface area contributed by atoms with Crippen molar-refractivity contribution >= 4 is 13.6 Å². The highest BCUT2D eigenvalue weighted by Crippen LogP contribution is 2.67. The van der Waals surface area contributed by atoms with Crippen LogP contribution < -0.4 is 0 Å². The Kier molecular flexibility index (Phi) is 5.30. The summed E-state index contributed by atoms with van der Waals surface area (Å²) in [5.41, 5.74) is 1.56. The van der Waals surface area contributed by atoms with Gasteiger partial charge in [-0.25, -0.2) is 4.79 Å². The van der Waals surface area contributed by atoms with Crippen molar-refractivity contribution in [1.82, 2.24) is 0 Å². The number of cyclic esters (lactones) is 1.